The lowest BCUT2D eigenvalue weighted by Crippen LogP contribution is -2.43. The summed E-state index contributed by atoms with van der Waals surface area (Å²) in [5.41, 5.74) is 4.15. The standard InChI is InChI=1S/C21H18ClN3O/c1-3-11-25-20(23-17-10-5-4-9-15(17)21(25)26)16-12-14-8-6-7-13(2)18(14)24-19(16)22/h3-10,12,20,23H,1,11H2,2H3/t20-/m1/s1. The van der Waals surface area contributed by atoms with Gasteiger partial charge in [0.05, 0.1) is 11.1 Å². The van der Waals surface area contributed by atoms with Crippen LogP contribution in [-0.4, -0.2) is 22.3 Å². The Kier molecular flexibility index (Phi) is 4.13. The molecule has 0 radical (unpaired) electrons. The second-order valence-electron chi connectivity index (χ2n) is 6.35. The van der Waals surface area contributed by atoms with E-state index >= 15 is 0 Å². The number of aryl methyl sites for hydroxylation is 1. The average Bonchev–Trinajstić information content (AvgIpc) is 2.64. The Morgan fingerprint density at radius 2 is 2.08 bits per heavy atom. The number of amides is 1. The molecular formula is C21H18ClN3O. The van der Waals surface area contributed by atoms with Gasteiger partial charge in [-0.15, -0.1) is 6.58 Å². The molecule has 0 spiro atoms. The maximum absolute atomic E-state index is 13.0. The van der Waals surface area contributed by atoms with Crippen molar-refractivity contribution in [3.63, 3.8) is 0 Å². The molecule has 0 aliphatic carbocycles. The van der Waals surface area contributed by atoms with Gasteiger partial charge in [0.25, 0.3) is 5.91 Å². The van der Waals surface area contributed by atoms with E-state index in [0.717, 1.165) is 27.7 Å². The van der Waals surface area contributed by atoms with E-state index in [9.17, 15) is 4.79 Å². The predicted molar refractivity (Wildman–Crippen MR) is 106 cm³/mol. The molecule has 3 aromatic rings. The minimum absolute atomic E-state index is 0.0512. The van der Waals surface area contributed by atoms with Crippen molar-refractivity contribution >= 4 is 34.1 Å². The van der Waals surface area contributed by atoms with Gasteiger partial charge >= 0.3 is 0 Å². The van der Waals surface area contributed by atoms with E-state index in [2.05, 4.69) is 16.9 Å². The quantitative estimate of drug-likeness (QED) is 0.529. The Labute approximate surface area is 157 Å². The second kappa shape index (κ2) is 6.46. The van der Waals surface area contributed by atoms with Crippen LogP contribution in [0.3, 0.4) is 0 Å². The number of halogens is 1. The van der Waals surface area contributed by atoms with E-state index < -0.39 is 6.17 Å². The van der Waals surface area contributed by atoms with Crippen LogP contribution >= 0.6 is 11.6 Å². The normalized spacial score (nSPS) is 16.3. The molecule has 130 valence electrons. The summed E-state index contributed by atoms with van der Waals surface area (Å²) in [6, 6.07) is 15.5. The van der Waals surface area contributed by atoms with Crippen LogP contribution in [0.2, 0.25) is 5.15 Å². The molecule has 0 saturated heterocycles. The summed E-state index contributed by atoms with van der Waals surface area (Å²) in [6.07, 6.45) is 1.31. The topological polar surface area (TPSA) is 45.2 Å². The first-order valence-corrected chi connectivity index (χ1v) is 8.81. The number of pyridine rings is 1. The lowest BCUT2D eigenvalue weighted by Gasteiger charge is -2.37. The summed E-state index contributed by atoms with van der Waals surface area (Å²) in [6.45, 7) is 6.20. The molecule has 1 aliphatic heterocycles. The highest BCUT2D eigenvalue weighted by Crippen LogP contribution is 2.36. The molecule has 4 nitrogen and oxygen atoms in total. The second-order valence-corrected chi connectivity index (χ2v) is 6.71. The Hall–Kier alpha value is -2.85. The molecule has 2 aromatic carbocycles. The molecule has 4 rings (SSSR count). The van der Waals surface area contributed by atoms with Gasteiger partial charge in [0.1, 0.15) is 11.3 Å². The van der Waals surface area contributed by atoms with Crippen molar-refractivity contribution in [1.82, 2.24) is 9.88 Å². The van der Waals surface area contributed by atoms with Crippen molar-refractivity contribution in [1.29, 1.82) is 0 Å². The maximum atomic E-state index is 13.0. The third kappa shape index (κ3) is 2.63. The fourth-order valence-corrected chi connectivity index (χ4v) is 3.64. The molecule has 0 fully saturated rings. The summed E-state index contributed by atoms with van der Waals surface area (Å²) in [5, 5.41) is 4.82. The molecule has 1 aromatic heterocycles. The van der Waals surface area contributed by atoms with Crippen LogP contribution in [0.25, 0.3) is 10.9 Å². The molecule has 0 bridgehead atoms. The van der Waals surface area contributed by atoms with Gasteiger partial charge in [-0.05, 0) is 30.7 Å². The number of hydrogen-bond acceptors (Lipinski definition) is 3. The van der Waals surface area contributed by atoms with Crippen LogP contribution in [0, 0.1) is 6.92 Å². The fourth-order valence-electron chi connectivity index (χ4n) is 3.40. The molecule has 5 heteroatoms. The van der Waals surface area contributed by atoms with Gasteiger partial charge in [-0.3, -0.25) is 4.79 Å². The number of carbonyl (C=O) groups excluding carboxylic acids is 1. The number of nitrogens with zero attached hydrogens (tertiary/aromatic N) is 2. The van der Waals surface area contributed by atoms with E-state index in [-0.39, 0.29) is 5.91 Å². The average molecular weight is 364 g/mol. The van der Waals surface area contributed by atoms with Gasteiger partial charge in [-0.1, -0.05) is 48.0 Å². The number of aromatic nitrogens is 1. The van der Waals surface area contributed by atoms with Gasteiger partial charge in [0, 0.05) is 23.2 Å². The molecule has 0 unspecified atom stereocenters. The molecule has 1 amide bonds. The van der Waals surface area contributed by atoms with Crippen molar-refractivity contribution in [2.24, 2.45) is 0 Å². The van der Waals surface area contributed by atoms with E-state index in [4.69, 9.17) is 11.6 Å². The van der Waals surface area contributed by atoms with Crippen LogP contribution in [0.4, 0.5) is 5.69 Å². The molecular weight excluding hydrogens is 346 g/mol. The first-order chi connectivity index (χ1) is 12.6. The highest BCUT2D eigenvalue weighted by atomic mass is 35.5. The van der Waals surface area contributed by atoms with Crippen LogP contribution in [-0.2, 0) is 0 Å². The number of carbonyl (C=O) groups is 1. The highest BCUT2D eigenvalue weighted by Gasteiger charge is 2.33. The molecule has 1 aliphatic rings. The van der Waals surface area contributed by atoms with Gasteiger partial charge in [-0.25, -0.2) is 4.98 Å². The molecule has 1 atom stereocenters. The summed E-state index contributed by atoms with van der Waals surface area (Å²) in [5.74, 6) is -0.0512. The largest absolute Gasteiger partial charge is 0.361 e. The van der Waals surface area contributed by atoms with Crippen LogP contribution < -0.4 is 5.32 Å². The lowest BCUT2D eigenvalue weighted by molar-refractivity contribution is 0.0707. The maximum Gasteiger partial charge on any atom is 0.258 e. The van der Waals surface area contributed by atoms with Crippen molar-refractivity contribution in [2.75, 3.05) is 11.9 Å². The third-order valence-electron chi connectivity index (χ3n) is 4.67. The van der Waals surface area contributed by atoms with Crippen LogP contribution in [0.5, 0.6) is 0 Å². The number of nitrogens with one attached hydrogen (secondary N) is 1. The van der Waals surface area contributed by atoms with E-state index in [1.165, 1.54) is 0 Å². The van der Waals surface area contributed by atoms with E-state index in [1.54, 1.807) is 11.0 Å². The van der Waals surface area contributed by atoms with Gasteiger partial charge < -0.3 is 10.2 Å². The first kappa shape index (κ1) is 16.6. The number of rotatable bonds is 3. The fraction of sp³-hybridized carbons (Fsp3) is 0.143. The zero-order chi connectivity index (χ0) is 18.3. The smallest absolute Gasteiger partial charge is 0.258 e. The minimum atomic E-state index is -0.402. The number of anilines is 1. The van der Waals surface area contributed by atoms with Gasteiger partial charge in [0.2, 0.25) is 0 Å². The van der Waals surface area contributed by atoms with Crippen molar-refractivity contribution in [3.8, 4) is 0 Å². The van der Waals surface area contributed by atoms with E-state index in [0.29, 0.717) is 17.3 Å². The minimum Gasteiger partial charge on any atom is -0.361 e. The Bertz CT molecular complexity index is 1030. The molecule has 26 heavy (non-hydrogen) atoms. The highest BCUT2D eigenvalue weighted by molar-refractivity contribution is 6.30. The summed E-state index contributed by atoms with van der Waals surface area (Å²) >= 11 is 6.53. The Balaban J connectivity index is 1.88. The predicted octanol–water partition coefficient (Wildman–Crippen LogP) is 4.95. The number of para-hydroxylation sites is 2. The van der Waals surface area contributed by atoms with Crippen LogP contribution in [0.15, 0.2) is 61.2 Å². The van der Waals surface area contributed by atoms with Gasteiger partial charge in [-0.2, -0.15) is 0 Å². The van der Waals surface area contributed by atoms with Crippen LogP contribution in [0.1, 0.15) is 27.7 Å². The number of benzene rings is 2. The zero-order valence-corrected chi connectivity index (χ0v) is 15.1. The SMILES string of the molecule is C=CCN1C(=O)c2ccccc2N[C@H]1c1cc2cccc(C)c2nc1Cl. The van der Waals surface area contributed by atoms with Crippen molar-refractivity contribution in [3.05, 3.63) is 83.0 Å². The summed E-state index contributed by atoms with van der Waals surface area (Å²) < 4.78 is 0. The van der Waals surface area contributed by atoms with Gasteiger partial charge in [0.15, 0.2) is 0 Å². The number of hydrogen-bond donors (Lipinski definition) is 1. The monoisotopic (exact) mass is 363 g/mol. The van der Waals surface area contributed by atoms with Crippen molar-refractivity contribution in [2.45, 2.75) is 13.1 Å². The molecule has 0 saturated carbocycles. The van der Waals surface area contributed by atoms with Crippen molar-refractivity contribution < 1.29 is 4.79 Å². The molecule has 1 N–H and O–H groups in total. The zero-order valence-electron chi connectivity index (χ0n) is 14.4. The Morgan fingerprint density at radius 1 is 1.27 bits per heavy atom. The summed E-state index contributed by atoms with van der Waals surface area (Å²) in [4.78, 5) is 19.3. The molecule has 2 heterocycles. The lowest BCUT2D eigenvalue weighted by atomic mass is 10.0. The first-order valence-electron chi connectivity index (χ1n) is 8.43. The van der Waals surface area contributed by atoms with E-state index in [1.807, 2.05) is 55.5 Å². The number of fused-ring (bicyclic) bond motifs is 2. The Morgan fingerprint density at radius 3 is 2.88 bits per heavy atom. The third-order valence-corrected chi connectivity index (χ3v) is 4.97. The summed E-state index contributed by atoms with van der Waals surface area (Å²) in [7, 11) is 0.